The van der Waals surface area contributed by atoms with Crippen molar-refractivity contribution in [2.24, 2.45) is 0 Å². The van der Waals surface area contributed by atoms with Crippen molar-refractivity contribution in [1.29, 1.82) is 0 Å². The van der Waals surface area contributed by atoms with E-state index in [2.05, 4.69) is 11.1 Å². The van der Waals surface area contributed by atoms with Crippen LogP contribution in [-0.4, -0.2) is 4.98 Å². The molecule has 0 unspecified atom stereocenters. The van der Waals surface area contributed by atoms with Gasteiger partial charge in [-0.1, -0.05) is 12.1 Å². The highest BCUT2D eigenvalue weighted by molar-refractivity contribution is 5.75. The summed E-state index contributed by atoms with van der Waals surface area (Å²) in [6.45, 7) is 0. The quantitative estimate of drug-likeness (QED) is 0.617. The fraction of sp³-hybridized carbons (Fsp3) is 0. The van der Waals surface area contributed by atoms with Gasteiger partial charge in [0, 0.05) is 5.56 Å². The van der Waals surface area contributed by atoms with Crippen molar-refractivity contribution in [1.82, 2.24) is 4.98 Å². The fourth-order valence-electron chi connectivity index (χ4n) is 1.56. The van der Waals surface area contributed by atoms with Gasteiger partial charge >= 0.3 is 0 Å². The number of benzene rings is 2. The number of hydrogen-bond donors (Lipinski definition) is 0. The zero-order valence-electron chi connectivity index (χ0n) is 8.27. The Morgan fingerprint density at radius 3 is 3.00 bits per heavy atom. The van der Waals surface area contributed by atoms with Gasteiger partial charge in [-0.2, -0.15) is 0 Å². The molecule has 16 heavy (non-hydrogen) atoms. The highest BCUT2D eigenvalue weighted by atomic mass is 19.1. The van der Waals surface area contributed by atoms with E-state index < -0.39 is 0 Å². The molecule has 2 nitrogen and oxygen atoms in total. The molecule has 0 amide bonds. The van der Waals surface area contributed by atoms with E-state index >= 15 is 0 Å². The summed E-state index contributed by atoms with van der Waals surface area (Å²) in [7, 11) is 0. The smallest absolute Gasteiger partial charge is 0.227 e. The summed E-state index contributed by atoms with van der Waals surface area (Å²) in [5, 5.41) is 0. The van der Waals surface area contributed by atoms with Crippen molar-refractivity contribution in [2.45, 2.75) is 0 Å². The van der Waals surface area contributed by atoms with Gasteiger partial charge in [-0.15, -0.1) is 0 Å². The Labute approximate surface area is 91.3 Å². The van der Waals surface area contributed by atoms with Gasteiger partial charge < -0.3 is 4.42 Å². The molecule has 1 aromatic heterocycles. The minimum absolute atomic E-state index is 0.300. The van der Waals surface area contributed by atoms with E-state index in [-0.39, 0.29) is 5.82 Å². The maximum absolute atomic E-state index is 13.0. The molecule has 1 heterocycles. The lowest BCUT2D eigenvalue weighted by Crippen LogP contribution is -1.78. The first-order valence-corrected chi connectivity index (χ1v) is 4.85. The van der Waals surface area contributed by atoms with Gasteiger partial charge in [-0.3, -0.25) is 0 Å². The fourth-order valence-corrected chi connectivity index (χ4v) is 1.56. The summed E-state index contributed by atoms with van der Waals surface area (Å²) >= 11 is 0. The van der Waals surface area contributed by atoms with Crippen LogP contribution in [0.4, 0.5) is 4.39 Å². The van der Waals surface area contributed by atoms with Crippen molar-refractivity contribution < 1.29 is 8.81 Å². The number of fused-ring (bicyclic) bond motifs is 1. The van der Waals surface area contributed by atoms with Crippen LogP contribution in [-0.2, 0) is 0 Å². The summed E-state index contributed by atoms with van der Waals surface area (Å²) in [4.78, 5) is 4.26. The summed E-state index contributed by atoms with van der Waals surface area (Å²) in [6.07, 6.45) is 0. The van der Waals surface area contributed by atoms with E-state index in [0.29, 0.717) is 17.0 Å². The minimum atomic E-state index is -0.300. The molecular formula is C13H7FNO. The minimum Gasteiger partial charge on any atom is -0.436 e. The zero-order valence-corrected chi connectivity index (χ0v) is 8.27. The third-order valence-corrected chi connectivity index (χ3v) is 2.30. The predicted octanol–water partition coefficient (Wildman–Crippen LogP) is 3.43. The normalized spacial score (nSPS) is 10.8. The van der Waals surface area contributed by atoms with E-state index in [1.165, 1.54) is 12.1 Å². The predicted molar refractivity (Wildman–Crippen MR) is 58.2 cm³/mol. The third-order valence-electron chi connectivity index (χ3n) is 2.30. The molecule has 0 aliphatic heterocycles. The summed E-state index contributed by atoms with van der Waals surface area (Å²) < 4.78 is 18.5. The molecule has 2 aromatic carbocycles. The average Bonchev–Trinajstić information content (AvgIpc) is 2.72. The van der Waals surface area contributed by atoms with Crippen molar-refractivity contribution in [3.05, 3.63) is 54.3 Å². The summed E-state index contributed by atoms with van der Waals surface area (Å²) in [6, 6.07) is 14.4. The van der Waals surface area contributed by atoms with E-state index in [9.17, 15) is 4.39 Å². The molecule has 0 aliphatic carbocycles. The van der Waals surface area contributed by atoms with Crippen molar-refractivity contribution in [2.75, 3.05) is 0 Å². The second-order valence-corrected chi connectivity index (χ2v) is 3.42. The van der Waals surface area contributed by atoms with Gasteiger partial charge in [0.2, 0.25) is 5.89 Å². The molecule has 3 aromatic rings. The zero-order chi connectivity index (χ0) is 11.0. The number of halogens is 1. The molecule has 0 saturated heterocycles. The Morgan fingerprint density at radius 1 is 1.25 bits per heavy atom. The van der Waals surface area contributed by atoms with E-state index in [4.69, 9.17) is 4.42 Å². The standard InChI is InChI=1S/C13H7FNO/c14-10-5-3-4-9(8-10)13-15-11-6-1-2-7-12(11)16-13/h2-8H. The van der Waals surface area contributed by atoms with Gasteiger partial charge in [-0.05, 0) is 36.4 Å². The Hall–Kier alpha value is -2.16. The first kappa shape index (κ1) is 9.09. The lowest BCUT2D eigenvalue weighted by Gasteiger charge is -1.93. The second kappa shape index (κ2) is 3.45. The van der Waals surface area contributed by atoms with Crippen molar-refractivity contribution >= 4 is 11.1 Å². The van der Waals surface area contributed by atoms with Crippen LogP contribution in [0.25, 0.3) is 22.6 Å². The molecule has 0 spiro atoms. The number of hydrogen-bond acceptors (Lipinski definition) is 2. The third kappa shape index (κ3) is 1.46. The van der Waals surface area contributed by atoms with Crippen LogP contribution in [0.5, 0.6) is 0 Å². The monoisotopic (exact) mass is 212 g/mol. The number of rotatable bonds is 1. The number of aromatic nitrogens is 1. The molecule has 77 valence electrons. The molecule has 0 aliphatic rings. The molecule has 3 heteroatoms. The molecule has 0 fully saturated rings. The number of nitrogens with zero attached hydrogens (tertiary/aromatic N) is 1. The number of oxazole rings is 1. The van der Waals surface area contributed by atoms with E-state index in [0.717, 1.165) is 5.52 Å². The molecule has 0 bridgehead atoms. The summed E-state index contributed by atoms with van der Waals surface area (Å²) in [5.41, 5.74) is 2.04. The Bertz CT molecular complexity index is 612. The van der Waals surface area contributed by atoms with Crippen LogP contribution in [0.15, 0.2) is 46.9 Å². The van der Waals surface area contributed by atoms with Crippen molar-refractivity contribution in [3.8, 4) is 11.5 Å². The molecule has 0 atom stereocenters. The molecular weight excluding hydrogens is 205 g/mol. The second-order valence-electron chi connectivity index (χ2n) is 3.42. The largest absolute Gasteiger partial charge is 0.436 e. The molecule has 1 radical (unpaired) electrons. The molecule has 0 N–H and O–H groups in total. The van der Waals surface area contributed by atoms with Gasteiger partial charge in [0.15, 0.2) is 5.58 Å². The van der Waals surface area contributed by atoms with Crippen LogP contribution in [0, 0.1) is 11.9 Å². The van der Waals surface area contributed by atoms with Gasteiger partial charge in [0.1, 0.15) is 11.3 Å². The maximum atomic E-state index is 13.0. The maximum Gasteiger partial charge on any atom is 0.227 e. The lowest BCUT2D eigenvalue weighted by molar-refractivity contribution is 0.611. The van der Waals surface area contributed by atoms with Gasteiger partial charge in [-0.25, -0.2) is 9.37 Å². The van der Waals surface area contributed by atoms with E-state index in [1.807, 2.05) is 0 Å². The Kier molecular flexibility index (Phi) is 1.96. The topological polar surface area (TPSA) is 26.0 Å². The molecule has 3 rings (SSSR count). The van der Waals surface area contributed by atoms with Crippen LogP contribution in [0.2, 0.25) is 0 Å². The van der Waals surface area contributed by atoms with Crippen LogP contribution < -0.4 is 0 Å². The SMILES string of the molecule is Fc1cccc(-c2nc3c[c]ccc3o2)c1. The van der Waals surface area contributed by atoms with Gasteiger partial charge in [0.25, 0.3) is 0 Å². The van der Waals surface area contributed by atoms with E-state index in [1.54, 1.807) is 30.3 Å². The summed E-state index contributed by atoms with van der Waals surface area (Å²) in [5.74, 6) is 0.125. The van der Waals surface area contributed by atoms with Gasteiger partial charge in [0.05, 0.1) is 0 Å². The van der Waals surface area contributed by atoms with Crippen LogP contribution in [0.3, 0.4) is 0 Å². The Balaban J connectivity index is 2.19. The molecule has 0 saturated carbocycles. The van der Waals surface area contributed by atoms with Crippen LogP contribution in [0.1, 0.15) is 0 Å². The Morgan fingerprint density at radius 2 is 2.19 bits per heavy atom. The first-order chi connectivity index (χ1) is 7.83. The first-order valence-electron chi connectivity index (χ1n) is 4.85. The average molecular weight is 212 g/mol. The van der Waals surface area contributed by atoms with Crippen LogP contribution >= 0.6 is 0 Å². The highest BCUT2D eigenvalue weighted by Crippen LogP contribution is 2.24. The lowest BCUT2D eigenvalue weighted by atomic mass is 10.2. The highest BCUT2D eigenvalue weighted by Gasteiger charge is 2.07. The van der Waals surface area contributed by atoms with Crippen molar-refractivity contribution in [3.63, 3.8) is 0 Å².